The predicted octanol–water partition coefficient (Wildman–Crippen LogP) is 1.17. The summed E-state index contributed by atoms with van der Waals surface area (Å²) in [5, 5.41) is 0. The maximum atomic E-state index is 11.7. The van der Waals surface area contributed by atoms with Crippen LogP contribution >= 0.6 is 0 Å². The van der Waals surface area contributed by atoms with Gasteiger partial charge >= 0.3 is 0 Å². The van der Waals surface area contributed by atoms with Crippen LogP contribution < -0.4 is 9.46 Å². The van der Waals surface area contributed by atoms with Crippen molar-refractivity contribution in [2.75, 3.05) is 14.2 Å². The zero-order valence-electron chi connectivity index (χ0n) is 9.07. The molecule has 1 N–H and O–H groups in total. The SMILES string of the molecule is CCc1ccc(OC)c(S(=O)(=O)NC)c1. The van der Waals surface area contributed by atoms with Crippen LogP contribution in [0, 0.1) is 0 Å². The van der Waals surface area contributed by atoms with Gasteiger partial charge in [-0.25, -0.2) is 13.1 Å². The lowest BCUT2D eigenvalue weighted by atomic mass is 10.2. The molecule has 0 atom stereocenters. The minimum Gasteiger partial charge on any atom is -0.495 e. The summed E-state index contributed by atoms with van der Waals surface area (Å²) in [4.78, 5) is 0.187. The molecule has 0 aliphatic carbocycles. The summed E-state index contributed by atoms with van der Waals surface area (Å²) in [6.07, 6.45) is 0.788. The number of hydrogen-bond donors (Lipinski definition) is 1. The van der Waals surface area contributed by atoms with E-state index in [4.69, 9.17) is 4.74 Å². The number of benzene rings is 1. The third kappa shape index (κ3) is 2.49. The molecule has 0 bridgehead atoms. The third-order valence-corrected chi connectivity index (χ3v) is 3.63. The number of nitrogens with one attached hydrogen (secondary N) is 1. The normalized spacial score (nSPS) is 11.4. The molecule has 5 heteroatoms. The lowest BCUT2D eigenvalue weighted by Gasteiger charge is -2.09. The molecule has 0 saturated carbocycles. The van der Waals surface area contributed by atoms with Gasteiger partial charge in [0, 0.05) is 0 Å². The molecule has 1 rings (SSSR count). The Morgan fingerprint density at radius 1 is 1.40 bits per heavy atom. The minimum absolute atomic E-state index is 0.187. The molecule has 0 spiro atoms. The molecule has 0 fully saturated rings. The first kappa shape index (κ1) is 12.0. The van der Waals surface area contributed by atoms with E-state index in [1.165, 1.54) is 14.2 Å². The van der Waals surface area contributed by atoms with Crippen molar-refractivity contribution in [1.82, 2.24) is 4.72 Å². The number of rotatable bonds is 4. The van der Waals surface area contributed by atoms with Crippen LogP contribution in [0.2, 0.25) is 0 Å². The molecule has 0 unspecified atom stereocenters. The quantitative estimate of drug-likeness (QED) is 0.843. The summed E-state index contributed by atoms with van der Waals surface area (Å²) in [6, 6.07) is 5.15. The number of ether oxygens (including phenoxy) is 1. The van der Waals surface area contributed by atoms with Crippen LogP contribution in [0.25, 0.3) is 0 Å². The minimum atomic E-state index is -3.45. The van der Waals surface area contributed by atoms with Gasteiger partial charge in [-0.2, -0.15) is 0 Å². The lowest BCUT2D eigenvalue weighted by Crippen LogP contribution is -2.19. The molecule has 15 heavy (non-hydrogen) atoms. The molecule has 0 amide bonds. The zero-order valence-corrected chi connectivity index (χ0v) is 9.89. The van der Waals surface area contributed by atoms with Crippen LogP contribution in [-0.2, 0) is 16.4 Å². The Hall–Kier alpha value is -1.07. The van der Waals surface area contributed by atoms with Crippen LogP contribution in [0.1, 0.15) is 12.5 Å². The Morgan fingerprint density at radius 2 is 2.07 bits per heavy atom. The predicted molar refractivity (Wildman–Crippen MR) is 58.6 cm³/mol. The molecule has 1 aromatic carbocycles. The maximum absolute atomic E-state index is 11.7. The van der Waals surface area contributed by atoms with Gasteiger partial charge < -0.3 is 4.74 Å². The summed E-state index contributed by atoms with van der Waals surface area (Å²) in [5.41, 5.74) is 0.963. The molecule has 0 saturated heterocycles. The van der Waals surface area contributed by atoms with Crippen LogP contribution in [0.15, 0.2) is 23.1 Å². The molecular weight excluding hydrogens is 214 g/mol. The first-order valence-corrected chi connectivity index (χ1v) is 6.14. The summed E-state index contributed by atoms with van der Waals surface area (Å²) in [7, 11) is -0.612. The van der Waals surface area contributed by atoms with Crippen molar-refractivity contribution in [3.63, 3.8) is 0 Å². The van der Waals surface area contributed by atoms with Gasteiger partial charge in [0.15, 0.2) is 0 Å². The second kappa shape index (κ2) is 4.63. The highest BCUT2D eigenvalue weighted by Gasteiger charge is 2.17. The highest BCUT2D eigenvalue weighted by molar-refractivity contribution is 7.89. The van der Waals surface area contributed by atoms with E-state index in [1.807, 2.05) is 13.0 Å². The molecular formula is C10H15NO3S. The molecule has 4 nitrogen and oxygen atoms in total. The molecule has 0 aliphatic rings. The third-order valence-electron chi connectivity index (χ3n) is 2.19. The standard InChI is InChI=1S/C10H15NO3S/c1-4-8-5-6-9(14-3)10(7-8)15(12,13)11-2/h5-7,11H,4H2,1-3H3. The van der Waals surface area contributed by atoms with Crippen molar-refractivity contribution in [2.24, 2.45) is 0 Å². The fourth-order valence-electron chi connectivity index (χ4n) is 1.26. The van der Waals surface area contributed by atoms with Gasteiger partial charge in [-0.15, -0.1) is 0 Å². The van der Waals surface area contributed by atoms with Crippen molar-refractivity contribution >= 4 is 10.0 Å². The lowest BCUT2D eigenvalue weighted by molar-refractivity contribution is 0.402. The average molecular weight is 229 g/mol. The van der Waals surface area contributed by atoms with Gasteiger partial charge in [0.05, 0.1) is 7.11 Å². The van der Waals surface area contributed by atoms with Gasteiger partial charge in [0.2, 0.25) is 10.0 Å². The van der Waals surface area contributed by atoms with Crippen molar-refractivity contribution in [1.29, 1.82) is 0 Å². The average Bonchev–Trinajstić information content (AvgIpc) is 2.28. The molecule has 84 valence electrons. The summed E-state index contributed by atoms with van der Waals surface area (Å²) in [5.74, 6) is 0.363. The summed E-state index contributed by atoms with van der Waals surface area (Å²) >= 11 is 0. The fraction of sp³-hybridized carbons (Fsp3) is 0.400. The monoisotopic (exact) mass is 229 g/mol. The molecule has 0 aliphatic heterocycles. The van der Waals surface area contributed by atoms with E-state index in [0.717, 1.165) is 12.0 Å². The number of methoxy groups -OCH3 is 1. The van der Waals surface area contributed by atoms with Crippen molar-refractivity contribution in [2.45, 2.75) is 18.2 Å². The van der Waals surface area contributed by atoms with Crippen LogP contribution in [0.4, 0.5) is 0 Å². The Kier molecular flexibility index (Phi) is 3.71. The fourth-order valence-corrected chi connectivity index (χ4v) is 2.20. The van der Waals surface area contributed by atoms with Gasteiger partial charge in [-0.1, -0.05) is 13.0 Å². The van der Waals surface area contributed by atoms with Gasteiger partial charge in [0.25, 0.3) is 0 Å². The Labute approximate surface area is 90.3 Å². The van der Waals surface area contributed by atoms with E-state index >= 15 is 0 Å². The highest BCUT2D eigenvalue weighted by Crippen LogP contribution is 2.24. The zero-order chi connectivity index (χ0) is 11.5. The van der Waals surface area contributed by atoms with Crippen molar-refractivity contribution in [3.8, 4) is 5.75 Å². The number of hydrogen-bond acceptors (Lipinski definition) is 3. The number of sulfonamides is 1. The van der Waals surface area contributed by atoms with Gasteiger partial charge in [0.1, 0.15) is 10.6 Å². The Morgan fingerprint density at radius 3 is 2.53 bits per heavy atom. The molecule has 0 radical (unpaired) electrons. The first-order chi connectivity index (χ1) is 7.05. The molecule has 1 aromatic rings. The van der Waals surface area contributed by atoms with Crippen molar-refractivity contribution < 1.29 is 13.2 Å². The van der Waals surface area contributed by atoms with Crippen LogP contribution in [0.3, 0.4) is 0 Å². The van der Waals surface area contributed by atoms with E-state index in [2.05, 4.69) is 4.72 Å². The molecule has 0 heterocycles. The van der Waals surface area contributed by atoms with Crippen LogP contribution in [-0.4, -0.2) is 22.6 Å². The van der Waals surface area contributed by atoms with E-state index in [-0.39, 0.29) is 4.90 Å². The van der Waals surface area contributed by atoms with E-state index in [1.54, 1.807) is 12.1 Å². The molecule has 0 aromatic heterocycles. The highest BCUT2D eigenvalue weighted by atomic mass is 32.2. The Bertz CT molecular complexity index is 440. The van der Waals surface area contributed by atoms with E-state index in [9.17, 15) is 8.42 Å². The van der Waals surface area contributed by atoms with Crippen molar-refractivity contribution in [3.05, 3.63) is 23.8 Å². The van der Waals surface area contributed by atoms with Gasteiger partial charge in [-0.3, -0.25) is 0 Å². The second-order valence-corrected chi connectivity index (χ2v) is 4.90. The summed E-state index contributed by atoms with van der Waals surface area (Å²) in [6.45, 7) is 1.97. The van der Waals surface area contributed by atoms with Gasteiger partial charge in [-0.05, 0) is 31.2 Å². The smallest absolute Gasteiger partial charge is 0.244 e. The second-order valence-electron chi connectivity index (χ2n) is 3.05. The summed E-state index contributed by atoms with van der Waals surface area (Å²) < 4.78 is 30.6. The van der Waals surface area contributed by atoms with E-state index in [0.29, 0.717) is 5.75 Å². The first-order valence-electron chi connectivity index (χ1n) is 4.65. The number of aryl methyl sites for hydroxylation is 1. The van der Waals surface area contributed by atoms with Crippen LogP contribution in [0.5, 0.6) is 5.75 Å². The Balaban J connectivity index is 3.36. The largest absolute Gasteiger partial charge is 0.495 e. The van der Waals surface area contributed by atoms with E-state index < -0.39 is 10.0 Å². The topological polar surface area (TPSA) is 55.4 Å². The maximum Gasteiger partial charge on any atom is 0.244 e.